The van der Waals surface area contributed by atoms with Crippen LogP contribution in [-0.4, -0.2) is 37.4 Å². The second kappa shape index (κ2) is 10.5. The number of pyridine rings is 1. The number of carbonyl (C=O) groups excluding carboxylic acids is 1. The van der Waals surface area contributed by atoms with Crippen molar-refractivity contribution in [3.05, 3.63) is 47.7 Å². The third kappa shape index (κ3) is 7.17. The summed E-state index contributed by atoms with van der Waals surface area (Å²) < 4.78 is 52.7. The monoisotopic (exact) mass is 412 g/mol. The van der Waals surface area contributed by atoms with Gasteiger partial charge in [0.15, 0.2) is 18.1 Å². The van der Waals surface area contributed by atoms with Gasteiger partial charge in [-0.15, -0.1) is 0 Å². The molecule has 0 aliphatic carbocycles. The fourth-order valence-electron chi connectivity index (χ4n) is 2.37. The van der Waals surface area contributed by atoms with Gasteiger partial charge in [-0.1, -0.05) is 19.4 Å². The molecule has 1 aromatic carbocycles. The lowest BCUT2D eigenvalue weighted by Gasteiger charge is -2.13. The van der Waals surface area contributed by atoms with E-state index in [1.54, 1.807) is 24.3 Å². The summed E-state index contributed by atoms with van der Waals surface area (Å²) in [6.45, 7) is 1.09. The van der Waals surface area contributed by atoms with E-state index in [1.807, 2.05) is 0 Å². The van der Waals surface area contributed by atoms with Gasteiger partial charge in [-0.25, -0.2) is 4.98 Å². The number of unbranched alkanes of at least 4 members (excludes halogenated alkanes) is 1. The first-order valence-corrected chi connectivity index (χ1v) is 9.06. The largest absolute Gasteiger partial charge is 0.493 e. The highest BCUT2D eigenvalue weighted by Crippen LogP contribution is 2.28. The molecule has 2 aromatic rings. The molecule has 0 spiro atoms. The van der Waals surface area contributed by atoms with Gasteiger partial charge >= 0.3 is 6.18 Å². The van der Waals surface area contributed by atoms with Gasteiger partial charge in [0.1, 0.15) is 0 Å². The van der Waals surface area contributed by atoms with Crippen LogP contribution in [0.2, 0.25) is 0 Å². The summed E-state index contributed by atoms with van der Waals surface area (Å²) in [5.74, 6) is 0.355. The second-order valence-corrected chi connectivity index (χ2v) is 6.12. The van der Waals surface area contributed by atoms with Crippen LogP contribution in [0.5, 0.6) is 17.4 Å². The minimum Gasteiger partial charge on any atom is -0.493 e. The Hall–Kier alpha value is -2.97. The molecule has 29 heavy (non-hydrogen) atoms. The topological polar surface area (TPSA) is 69.7 Å². The first kappa shape index (κ1) is 22.3. The van der Waals surface area contributed by atoms with Crippen molar-refractivity contribution in [1.29, 1.82) is 0 Å². The first-order valence-electron chi connectivity index (χ1n) is 9.06. The molecule has 1 heterocycles. The van der Waals surface area contributed by atoms with Crippen LogP contribution in [0.25, 0.3) is 0 Å². The number of benzene rings is 1. The van der Waals surface area contributed by atoms with Gasteiger partial charge in [-0.3, -0.25) is 4.79 Å². The zero-order valence-corrected chi connectivity index (χ0v) is 16.2. The number of hydrogen-bond acceptors (Lipinski definition) is 5. The molecule has 6 nitrogen and oxygen atoms in total. The van der Waals surface area contributed by atoms with Gasteiger partial charge < -0.3 is 19.5 Å². The Morgan fingerprint density at radius 3 is 2.66 bits per heavy atom. The maximum absolute atomic E-state index is 12.4. The molecule has 0 aliphatic heterocycles. The molecule has 0 saturated heterocycles. The minimum atomic E-state index is -4.48. The molecule has 0 saturated carbocycles. The lowest BCUT2D eigenvalue weighted by molar-refractivity contribution is -0.154. The maximum atomic E-state index is 12.4. The Bertz CT molecular complexity index is 813. The SMILES string of the molecule is CCCCOc1ccc(C(=O)NCc2cccnc2OCC(F)(F)F)cc1OC. The highest BCUT2D eigenvalue weighted by Gasteiger charge is 2.29. The predicted octanol–water partition coefficient (Wildman–Crippen LogP) is 4.14. The molecule has 0 bridgehead atoms. The van der Waals surface area contributed by atoms with Gasteiger partial charge in [0.25, 0.3) is 5.91 Å². The summed E-state index contributed by atoms with van der Waals surface area (Å²) in [4.78, 5) is 16.2. The Morgan fingerprint density at radius 2 is 1.97 bits per heavy atom. The minimum absolute atomic E-state index is 0.0447. The van der Waals surface area contributed by atoms with Crippen molar-refractivity contribution in [3.63, 3.8) is 0 Å². The van der Waals surface area contributed by atoms with Gasteiger partial charge in [-0.2, -0.15) is 13.2 Å². The molecule has 1 N–H and O–H groups in total. The van der Waals surface area contributed by atoms with Crippen molar-refractivity contribution in [3.8, 4) is 17.4 Å². The van der Waals surface area contributed by atoms with Crippen LogP contribution < -0.4 is 19.5 Å². The lowest BCUT2D eigenvalue weighted by Crippen LogP contribution is -2.24. The van der Waals surface area contributed by atoms with Crippen LogP contribution in [0.1, 0.15) is 35.7 Å². The number of nitrogens with zero attached hydrogens (tertiary/aromatic N) is 1. The third-order valence-corrected chi connectivity index (χ3v) is 3.84. The number of ether oxygens (including phenoxy) is 3. The average Bonchev–Trinajstić information content (AvgIpc) is 2.70. The normalized spacial score (nSPS) is 11.1. The summed E-state index contributed by atoms with van der Waals surface area (Å²) in [6, 6.07) is 7.85. The highest BCUT2D eigenvalue weighted by molar-refractivity contribution is 5.94. The Balaban J connectivity index is 2.02. The number of aromatic nitrogens is 1. The van der Waals surface area contributed by atoms with E-state index in [1.165, 1.54) is 19.4 Å². The molecule has 158 valence electrons. The fourth-order valence-corrected chi connectivity index (χ4v) is 2.37. The Morgan fingerprint density at radius 1 is 1.17 bits per heavy atom. The highest BCUT2D eigenvalue weighted by atomic mass is 19.4. The zero-order valence-electron chi connectivity index (χ0n) is 16.2. The number of rotatable bonds is 10. The summed E-state index contributed by atoms with van der Waals surface area (Å²) in [5, 5.41) is 2.64. The van der Waals surface area contributed by atoms with Crippen molar-refractivity contribution in [1.82, 2.24) is 10.3 Å². The van der Waals surface area contributed by atoms with Crippen LogP contribution in [0.15, 0.2) is 36.5 Å². The summed E-state index contributed by atoms with van der Waals surface area (Å²) in [5.41, 5.74) is 0.655. The smallest absolute Gasteiger partial charge is 0.422 e. The van der Waals surface area contributed by atoms with Crippen molar-refractivity contribution in [2.24, 2.45) is 0 Å². The molecule has 1 aromatic heterocycles. The van der Waals surface area contributed by atoms with E-state index < -0.39 is 18.7 Å². The number of methoxy groups -OCH3 is 1. The maximum Gasteiger partial charge on any atom is 0.422 e. The molecule has 0 fully saturated rings. The van der Waals surface area contributed by atoms with E-state index in [-0.39, 0.29) is 12.4 Å². The van der Waals surface area contributed by atoms with E-state index in [0.717, 1.165) is 12.8 Å². The second-order valence-electron chi connectivity index (χ2n) is 6.12. The molecule has 0 unspecified atom stereocenters. The quantitative estimate of drug-likeness (QED) is 0.594. The van der Waals surface area contributed by atoms with Crippen molar-refractivity contribution < 1.29 is 32.2 Å². The lowest BCUT2D eigenvalue weighted by atomic mass is 10.1. The summed E-state index contributed by atoms with van der Waals surface area (Å²) in [7, 11) is 1.48. The number of hydrogen-bond donors (Lipinski definition) is 1. The number of carbonyl (C=O) groups is 1. The molecule has 9 heteroatoms. The van der Waals surface area contributed by atoms with Gasteiger partial charge in [0.2, 0.25) is 5.88 Å². The molecule has 0 radical (unpaired) electrons. The van der Waals surface area contributed by atoms with Crippen molar-refractivity contribution >= 4 is 5.91 Å². The van der Waals surface area contributed by atoms with Crippen LogP contribution in [-0.2, 0) is 6.54 Å². The zero-order chi connectivity index (χ0) is 21.3. The van der Waals surface area contributed by atoms with Gasteiger partial charge in [0, 0.05) is 23.9 Å². The van der Waals surface area contributed by atoms with Crippen LogP contribution in [0, 0.1) is 0 Å². The van der Waals surface area contributed by atoms with E-state index in [2.05, 4.69) is 17.2 Å². The number of halogens is 3. The van der Waals surface area contributed by atoms with E-state index >= 15 is 0 Å². The molecule has 1 amide bonds. The molecular weight excluding hydrogens is 389 g/mol. The Kier molecular flexibility index (Phi) is 8.11. The molecule has 0 atom stereocenters. The van der Waals surface area contributed by atoms with E-state index in [9.17, 15) is 18.0 Å². The summed E-state index contributed by atoms with van der Waals surface area (Å²) in [6.07, 6.45) is -1.27. The van der Waals surface area contributed by atoms with Crippen molar-refractivity contribution in [2.45, 2.75) is 32.5 Å². The molecule has 2 rings (SSSR count). The predicted molar refractivity (Wildman–Crippen MR) is 100 cm³/mol. The van der Waals surface area contributed by atoms with Crippen LogP contribution in [0.4, 0.5) is 13.2 Å². The van der Waals surface area contributed by atoms with Gasteiger partial charge in [-0.05, 0) is 30.7 Å². The first-order chi connectivity index (χ1) is 13.8. The number of nitrogens with one attached hydrogen (secondary N) is 1. The Labute approximate surface area is 167 Å². The molecular formula is C20H23F3N2O4. The molecule has 0 aliphatic rings. The summed E-state index contributed by atoms with van der Waals surface area (Å²) >= 11 is 0. The van der Waals surface area contributed by atoms with Gasteiger partial charge in [0.05, 0.1) is 13.7 Å². The fraction of sp³-hybridized carbons (Fsp3) is 0.400. The number of alkyl halides is 3. The standard InChI is InChI=1S/C20H23F3N2O4/c1-3-4-10-28-16-8-7-14(11-17(16)27-2)18(26)25-12-15-6-5-9-24-19(15)29-13-20(21,22)23/h5-9,11H,3-4,10,12-13H2,1-2H3,(H,25,26). The van der Waals surface area contributed by atoms with Crippen LogP contribution >= 0.6 is 0 Å². The third-order valence-electron chi connectivity index (χ3n) is 3.84. The van der Waals surface area contributed by atoms with Crippen LogP contribution in [0.3, 0.4) is 0 Å². The van der Waals surface area contributed by atoms with E-state index in [4.69, 9.17) is 14.2 Å². The number of amides is 1. The van der Waals surface area contributed by atoms with Crippen molar-refractivity contribution in [2.75, 3.05) is 20.3 Å². The van der Waals surface area contributed by atoms with E-state index in [0.29, 0.717) is 29.2 Å². The average molecular weight is 412 g/mol.